The molecule has 3 heteroatoms. The van der Waals surface area contributed by atoms with E-state index < -0.39 is 7.92 Å². The first kappa shape index (κ1) is 18.4. The van der Waals surface area contributed by atoms with Crippen molar-refractivity contribution >= 4 is 24.5 Å². The standard InChI is InChI=1S/C23H23O2P/c1-2-17-25-23(24)18-19-11-9-10-16-22(19)26(20-12-5-3-6-13-20)21-14-7-4-8-15-21/h3-16,18,22H,2,17H2,1H3. The number of esters is 1. The Hall–Kier alpha value is -2.44. The highest BCUT2D eigenvalue weighted by atomic mass is 31.1. The maximum Gasteiger partial charge on any atom is 0.331 e. The number of benzene rings is 2. The van der Waals surface area contributed by atoms with Gasteiger partial charge in [0.05, 0.1) is 6.61 Å². The molecule has 1 aliphatic rings. The van der Waals surface area contributed by atoms with E-state index >= 15 is 0 Å². The first-order valence-electron chi connectivity index (χ1n) is 8.92. The third-order valence-corrected chi connectivity index (χ3v) is 6.85. The topological polar surface area (TPSA) is 26.3 Å². The van der Waals surface area contributed by atoms with E-state index in [0.29, 0.717) is 6.61 Å². The first-order valence-corrected chi connectivity index (χ1v) is 10.3. The van der Waals surface area contributed by atoms with Gasteiger partial charge in [0.2, 0.25) is 0 Å². The van der Waals surface area contributed by atoms with E-state index in [0.717, 1.165) is 12.0 Å². The zero-order chi connectivity index (χ0) is 18.2. The van der Waals surface area contributed by atoms with Crippen LogP contribution in [0.5, 0.6) is 0 Å². The molecule has 26 heavy (non-hydrogen) atoms. The molecule has 0 aliphatic heterocycles. The number of allylic oxidation sites excluding steroid dienone is 5. The third-order valence-electron chi connectivity index (χ3n) is 4.11. The molecule has 2 aromatic rings. The molecule has 2 aromatic carbocycles. The van der Waals surface area contributed by atoms with E-state index in [1.807, 2.05) is 31.2 Å². The van der Waals surface area contributed by atoms with Crippen molar-refractivity contribution in [3.05, 3.63) is 96.6 Å². The van der Waals surface area contributed by atoms with Crippen LogP contribution in [0, 0.1) is 0 Å². The molecule has 1 atom stereocenters. The van der Waals surface area contributed by atoms with Gasteiger partial charge in [-0.2, -0.15) is 0 Å². The second kappa shape index (κ2) is 9.31. The summed E-state index contributed by atoms with van der Waals surface area (Å²) in [5.74, 6) is -0.261. The van der Waals surface area contributed by atoms with Crippen LogP contribution in [0.25, 0.3) is 0 Å². The molecule has 0 fully saturated rings. The number of hydrogen-bond acceptors (Lipinski definition) is 2. The van der Waals surface area contributed by atoms with Gasteiger partial charge in [-0.25, -0.2) is 4.79 Å². The summed E-state index contributed by atoms with van der Waals surface area (Å²) in [6.45, 7) is 2.45. The lowest BCUT2D eigenvalue weighted by atomic mass is 10.1. The van der Waals surface area contributed by atoms with Crippen LogP contribution >= 0.6 is 7.92 Å². The number of carbonyl (C=O) groups is 1. The Kier molecular flexibility index (Phi) is 6.57. The molecule has 0 bridgehead atoms. The predicted molar refractivity (Wildman–Crippen MR) is 110 cm³/mol. The number of rotatable bonds is 6. The van der Waals surface area contributed by atoms with Crippen LogP contribution in [0.3, 0.4) is 0 Å². The van der Waals surface area contributed by atoms with Crippen molar-refractivity contribution in [1.29, 1.82) is 0 Å². The van der Waals surface area contributed by atoms with Crippen molar-refractivity contribution in [2.24, 2.45) is 0 Å². The fraction of sp³-hybridized carbons (Fsp3) is 0.174. The number of hydrogen-bond donors (Lipinski definition) is 0. The molecule has 2 nitrogen and oxygen atoms in total. The second-order valence-electron chi connectivity index (χ2n) is 6.04. The van der Waals surface area contributed by atoms with Gasteiger partial charge in [-0.05, 0) is 30.5 Å². The summed E-state index contributed by atoms with van der Waals surface area (Å²) < 4.78 is 5.27. The van der Waals surface area contributed by atoms with Crippen LogP contribution in [0.15, 0.2) is 96.6 Å². The van der Waals surface area contributed by atoms with Crippen molar-refractivity contribution in [3.63, 3.8) is 0 Å². The van der Waals surface area contributed by atoms with Crippen LogP contribution in [0.4, 0.5) is 0 Å². The van der Waals surface area contributed by atoms with Gasteiger partial charge < -0.3 is 4.74 Å². The smallest absolute Gasteiger partial charge is 0.331 e. The lowest BCUT2D eigenvalue weighted by Gasteiger charge is -2.28. The molecule has 0 amide bonds. The molecule has 1 unspecified atom stereocenters. The van der Waals surface area contributed by atoms with Crippen LogP contribution < -0.4 is 10.6 Å². The van der Waals surface area contributed by atoms with E-state index in [1.165, 1.54) is 10.6 Å². The third kappa shape index (κ3) is 4.59. The maximum atomic E-state index is 12.2. The van der Waals surface area contributed by atoms with Crippen molar-refractivity contribution in [2.75, 3.05) is 6.61 Å². The molecular formula is C23H23O2P. The molecule has 1 aliphatic carbocycles. The molecule has 0 saturated carbocycles. The maximum absolute atomic E-state index is 12.2. The predicted octanol–water partition coefficient (Wildman–Crippen LogP) is 4.49. The number of carbonyl (C=O) groups excluding carboxylic acids is 1. The number of ether oxygens (including phenoxy) is 1. The van der Waals surface area contributed by atoms with Gasteiger partial charge in [0.25, 0.3) is 0 Å². The lowest BCUT2D eigenvalue weighted by Crippen LogP contribution is -2.23. The van der Waals surface area contributed by atoms with Gasteiger partial charge in [-0.15, -0.1) is 0 Å². The Morgan fingerprint density at radius 2 is 1.62 bits per heavy atom. The molecular weight excluding hydrogens is 339 g/mol. The first-order chi connectivity index (χ1) is 12.8. The highest BCUT2D eigenvalue weighted by Gasteiger charge is 2.26. The van der Waals surface area contributed by atoms with Gasteiger partial charge in [0.1, 0.15) is 0 Å². The molecule has 132 valence electrons. The fourth-order valence-electron chi connectivity index (χ4n) is 2.94. The summed E-state index contributed by atoms with van der Waals surface area (Å²) in [5.41, 5.74) is 1.15. The van der Waals surface area contributed by atoms with E-state index in [9.17, 15) is 4.79 Å². The summed E-state index contributed by atoms with van der Waals surface area (Å²) in [4.78, 5) is 12.2. The Balaban J connectivity index is 1.99. The van der Waals surface area contributed by atoms with Gasteiger partial charge in [-0.3, -0.25) is 0 Å². The lowest BCUT2D eigenvalue weighted by molar-refractivity contribution is -0.137. The van der Waals surface area contributed by atoms with Gasteiger partial charge in [-0.1, -0.05) is 91.9 Å². The Morgan fingerprint density at radius 1 is 1.00 bits per heavy atom. The molecule has 3 rings (SSSR count). The highest BCUT2D eigenvalue weighted by molar-refractivity contribution is 7.74. The van der Waals surface area contributed by atoms with Crippen molar-refractivity contribution in [2.45, 2.75) is 19.0 Å². The fourth-order valence-corrected chi connectivity index (χ4v) is 5.60. The Labute approximate surface area is 156 Å². The van der Waals surface area contributed by atoms with Crippen LogP contribution in [0.1, 0.15) is 13.3 Å². The monoisotopic (exact) mass is 362 g/mol. The van der Waals surface area contributed by atoms with E-state index in [4.69, 9.17) is 4.74 Å². The zero-order valence-corrected chi connectivity index (χ0v) is 15.8. The second-order valence-corrected chi connectivity index (χ2v) is 8.37. The summed E-state index contributed by atoms with van der Waals surface area (Å²) in [7, 11) is -0.666. The Bertz CT molecular complexity index is 767. The Morgan fingerprint density at radius 3 is 2.19 bits per heavy atom. The molecule has 0 spiro atoms. The highest BCUT2D eigenvalue weighted by Crippen LogP contribution is 2.45. The summed E-state index contributed by atoms with van der Waals surface area (Å²) in [6.07, 6.45) is 10.8. The summed E-state index contributed by atoms with van der Waals surface area (Å²) in [6, 6.07) is 21.1. The minimum atomic E-state index is -0.666. The minimum Gasteiger partial charge on any atom is -0.463 e. The van der Waals surface area contributed by atoms with Crippen LogP contribution in [-0.4, -0.2) is 18.2 Å². The van der Waals surface area contributed by atoms with Crippen molar-refractivity contribution < 1.29 is 9.53 Å². The van der Waals surface area contributed by atoms with Gasteiger partial charge in [0, 0.05) is 11.7 Å². The zero-order valence-electron chi connectivity index (χ0n) is 14.9. The largest absolute Gasteiger partial charge is 0.463 e. The molecule has 0 saturated heterocycles. The quantitative estimate of drug-likeness (QED) is 0.430. The molecule has 0 N–H and O–H groups in total. The summed E-state index contributed by atoms with van der Waals surface area (Å²) >= 11 is 0. The van der Waals surface area contributed by atoms with Gasteiger partial charge in [0.15, 0.2) is 0 Å². The van der Waals surface area contributed by atoms with Crippen LogP contribution in [0.2, 0.25) is 0 Å². The van der Waals surface area contributed by atoms with Crippen LogP contribution in [-0.2, 0) is 9.53 Å². The summed E-state index contributed by atoms with van der Waals surface area (Å²) in [5, 5.41) is 2.60. The average molecular weight is 362 g/mol. The van der Waals surface area contributed by atoms with E-state index in [2.05, 4.69) is 60.7 Å². The van der Waals surface area contributed by atoms with Crippen molar-refractivity contribution in [3.8, 4) is 0 Å². The molecule has 0 aromatic heterocycles. The van der Waals surface area contributed by atoms with Gasteiger partial charge >= 0.3 is 5.97 Å². The van der Waals surface area contributed by atoms with E-state index in [-0.39, 0.29) is 11.6 Å². The minimum absolute atomic E-state index is 0.147. The SMILES string of the molecule is CCCOC(=O)C=C1C=CC=CC1P(c1ccccc1)c1ccccc1. The van der Waals surface area contributed by atoms with Crippen molar-refractivity contribution in [1.82, 2.24) is 0 Å². The molecule has 0 heterocycles. The van der Waals surface area contributed by atoms with E-state index in [1.54, 1.807) is 6.08 Å². The average Bonchev–Trinajstić information content (AvgIpc) is 2.69. The normalized spacial score (nSPS) is 17.6. The molecule has 0 radical (unpaired) electrons.